The standard InChI is InChI=1S/C26H29NO4/c28-20-9-13-27(14-10-20)25(29)26(11-15-30-16-12-26)17-19-5-1-2-6-21(19)23-18-31-24-8-4-3-7-22(23)24/h1-8,18,20,28H,9-17H2. The van der Waals surface area contributed by atoms with Crippen LogP contribution in [0.2, 0.25) is 0 Å². The number of aliphatic hydroxyl groups is 1. The SMILES string of the molecule is O=C(N1CCC(O)CC1)C1(Cc2ccccc2-c2coc3ccccc23)CCOCC1. The highest BCUT2D eigenvalue weighted by Gasteiger charge is 2.43. The maximum atomic E-state index is 13.8. The highest BCUT2D eigenvalue weighted by Crippen LogP contribution is 2.41. The van der Waals surface area contributed by atoms with Crippen LogP contribution in [0.4, 0.5) is 0 Å². The van der Waals surface area contributed by atoms with Gasteiger partial charge in [0.2, 0.25) is 5.91 Å². The average Bonchev–Trinajstić information content (AvgIpc) is 3.24. The number of aliphatic hydroxyl groups excluding tert-OH is 1. The number of fused-ring (bicyclic) bond motifs is 1. The number of hydrogen-bond donors (Lipinski definition) is 1. The number of amides is 1. The van der Waals surface area contributed by atoms with Crippen molar-refractivity contribution in [3.05, 3.63) is 60.4 Å². The third-order valence-electron chi connectivity index (χ3n) is 6.97. The third-order valence-corrected chi connectivity index (χ3v) is 6.97. The van der Waals surface area contributed by atoms with Crippen molar-refractivity contribution >= 4 is 16.9 Å². The van der Waals surface area contributed by atoms with Crippen molar-refractivity contribution in [2.24, 2.45) is 5.41 Å². The van der Waals surface area contributed by atoms with Gasteiger partial charge in [0.1, 0.15) is 5.58 Å². The van der Waals surface area contributed by atoms with Crippen LogP contribution < -0.4 is 0 Å². The first-order chi connectivity index (χ1) is 15.2. The van der Waals surface area contributed by atoms with Crippen molar-refractivity contribution in [3.8, 4) is 11.1 Å². The lowest BCUT2D eigenvalue weighted by molar-refractivity contribution is -0.150. The third kappa shape index (κ3) is 3.88. The molecule has 0 bridgehead atoms. The molecule has 31 heavy (non-hydrogen) atoms. The van der Waals surface area contributed by atoms with Crippen LogP contribution in [0.15, 0.2) is 59.2 Å². The van der Waals surface area contributed by atoms with Crippen LogP contribution in [0.5, 0.6) is 0 Å². The van der Waals surface area contributed by atoms with E-state index in [9.17, 15) is 9.90 Å². The minimum atomic E-state index is -0.462. The highest BCUT2D eigenvalue weighted by atomic mass is 16.5. The Bertz CT molecular complexity index is 1060. The van der Waals surface area contributed by atoms with Gasteiger partial charge in [-0.2, -0.15) is 0 Å². The molecule has 3 heterocycles. The first-order valence-electron chi connectivity index (χ1n) is 11.3. The minimum absolute atomic E-state index is 0.217. The van der Waals surface area contributed by atoms with Crippen LogP contribution >= 0.6 is 0 Å². The van der Waals surface area contributed by atoms with Gasteiger partial charge in [0, 0.05) is 37.3 Å². The van der Waals surface area contributed by atoms with E-state index in [2.05, 4.69) is 24.3 Å². The Morgan fingerprint density at radius 3 is 2.52 bits per heavy atom. The number of benzene rings is 2. The molecular weight excluding hydrogens is 390 g/mol. The largest absolute Gasteiger partial charge is 0.464 e. The number of carbonyl (C=O) groups excluding carboxylic acids is 1. The molecule has 0 spiro atoms. The molecule has 2 saturated heterocycles. The van der Waals surface area contributed by atoms with Crippen LogP contribution in [-0.4, -0.2) is 48.3 Å². The Hall–Kier alpha value is -2.63. The van der Waals surface area contributed by atoms with Crippen LogP contribution in [0.3, 0.4) is 0 Å². The van der Waals surface area contributed by atoms with Gasteiger partial charge in [0.25, 0.3) is 0 Å². The lowest BCUT2D eigenvalue weighted by Crippen LogP contribution is -2.51. The van der Waals surface area contributed by atoms with E-state index in [1.165, 1.54) is 5.56 Å². The number of furan rings is 1. The minimum Gasteiger partial charge on any atom is -0.464 e. The van der Waals surface area contributed by atoms with E-state index in [1.54, 1.807) is 0 Å². The Labute approximate surface area is 182 Å². The summed E-state index contributed by atoms with van der Waals surface area (Å²) >= 11 is 0. The number of likely N-dealkylation sites (tertiary alicyclic amines) is 1. The van der Waals surface area contributed by atoms with Crippen molar-refractivity contribution < 1.29 is 19.1 Å². The van der Waals surface area contributed by atoms with Gasteiger partial charge in [-0.15, -0.1) is 0 Å². The second-order valence-electron chi connectivity index (χ2n) is 8.90. The molecule has 0 saturated carbocycles. The lowest BCUT2D eigenvalue weighted by Gasteiger charge is -2.42. The molecule has 3 aromatic rings. The molecule has 0 atom stereocenters. The molecule has 2 fully saturated rings. The van der Waals surface area contributed by atoms with Crippen LogP contribution in [0.25, 0.3) is 22.1 Å². The van der Waals surface area contributed by atoms with Gasteiger partial charge in [-0.1, -0.05) is 42.5 Å². The first kappa shape index (κ1) is 20.3. The molecule has 162 valence electrons. The molecule has 2 aromatic carbocycles. The molecule has 2 aliphatic rings. The fourth-order valence-corrected chi connectivity index (χ4v) is 5.12. The topological polar surface area (TPSA) is 62.9 Å². The lowest BCUT2D eigenvalue weighted by atomic mass is 9.72. The molecular formula is C26H29NO4. The Morgan fingerprint density at radius 2 is 1.71 bits per heavy atom. The molecule has 5 heteroatoms. The zero-order valence-electron chi connectivity index (χ0n) is 17.8. The maximum Gasteiger partial charge on any atom is 0.229 e. The molecule has 1 N–H and O–H groups in total. The summed E-state index contributed by atoms with van der Waals surface area (Å²) in [5.41, 5.74) is 3.77. The van der Waals surface area contributed by atoms with E-state index in [0.29, 0.717) is 45.6 Å². The quantitative estimate of drug-likeness (QED) is 0.680. The summed E-state index contributed by atoms with van der Waals surface area (Å²) in [6, 6.07) is 16.4. The molecule has 0 radical (unpaired) electrons. The number of carbonyl (C=O) groups is 1. The van der Waals surface area contributed by atoms with Crippen LogP contribution in [-0.2, 0) is 16.0 Å². The van der Waals surface area contributed by atoms with Gasteiger partial charge < -0.3 is 19.2 Å². The number of rotatable bonds is 4. The Balaban J connectivity index is 1.50. The molecule has 5 nitrogen and oxygen atoms in total. The number of ether oxygens (including phenoxy) is 1. The molecule has 0 unspecified atom stereocenters. The summed E-state index contributed by atoms with van der Waals surface area (Å²) in [6.07, 6.45) is 5.00. The van der Waals surface area contributed by atoms with E-state index < -0.39 is 5.41 Å². The second-order valence-corrected chi connectivity index (χ2v) is 8.90. The maximum absolute atomic E-state index is 13.8. The first-order valence-corrected chi connectivity index (χ1v) is 11.3. The Morgan fingerprint density at radius 1 is 1.00 bits per heavy atom. The summed E-state index contributed by atoms with van der Waals surface area (Å²) in [7, 11) is 0. The number of piperidine rings is 1. The zero-order valence-corrected chi connectivity index (χ0v) is 17.8. The number of nitrogens with zero attached hydrogens (tertiary/aromatic N) is 1. The predicted octanol–water partition coefficient (Wildman–Crippen LogP) is 4.42. The molecule has 5 rings (SSSR count). The van der Waals surface area contributed by atoms with Crippen LogP contribution in [0.1, 0.15) is 31.2 Å². The molecule has 1 aromatic heterocycles. The van der Waals surface area contributed by atoms with Crippen LogP contribution in [0, 0.1) is 5.41 Å². The van der Waals surface area contributed by atoms with E-state index >= 15 is 0 Å². The second kappa shape index (κ2) is 8.48. The summed E-state index contributed by atoms with van der Waals surface area (Å²) in [6.45, 7) is 2.49. The van der Waals surface area contributed by atoms with Crippen molar-refractivity contribution in [1.82, 2.24) is 4.90 Å². The predicted molar refractivity (Wildman–Crippen MR) is 120 cm³/mol. The smallest absolute Gasteiger partial charge is 0.229 e. The van der Waals surface area contributed by atoms with E-state index in [0.717, 1.165) is 34.9 Å². The van der Waals surface area contributed by atoms with E-state index in [-0.39, 0.29) is 12.0 Å². The van der Waals surface area contributed by atoms with Crippen molar-refractivity contribution in [2.75, 3.05) is 26.3 Å². The summed E-state index contributed by atoms with van der Waals surface area (Å²) in [4.78, 5) is 15.7. The van der Waals surface area contributed by atoms with Gasteiger partial charge in [-0.05, 0) is 49.3 Å². The highest BCUT2D eigenvalue weighted by molar-refractivity contribution is 5.95. The van der Waals surface area contributed by atoms with Crippen molar-refractivity contribution in [2.45, 2.75) is 38.2 Å². The zero-order chi connectivity index (χ0) is 21.3. The molecule has 0 aliphatic carbocycles. The van der Waals surface area contributed by atoms with Gasteiger partial charge in [-0.3, -0.25) is 4.79 Å². The fourth-order valence-electron chi connectivity index (χ4n) is 5.12. The number of hydrogen-bond acceptors (Lipinski definition) is 4. The monoisotopic (exact) mass is 419 g/mol. The van der Waals surface area contributed by atoms with E-state index in [4.69, 9.17) is 9.15 Å². The summed E-state index contributed by atoms with van der Waals surface area (Å²) in [5.74, 6) is 0.217. The van der Waals surface area contributed by atoms with Crippen molar-refractivity contribution in [3.63, 3.8) is 0 Å². The normalized spacial score (nSPS) is 19.6. The van der Waals surface area contributed by atoms with E-state index in [1.807, 2.05) is 35.4 Å². The van der Waals surface area contributed by atoms with Crippen molar-refractivity contribution in [1.29, 1.82) is 0 Å². The van der Waals surface area contributed by atoms with Gasteiger partial charge in [0.05, 0.1) is 17.8 Å². The Kier molecular flexibility index (Phi) is 5.55. The molecule has 2 aliphatic heterocycles. The van der Waals surface area contributed by atoms with Gasteiger partial charge in [0.15, 0.2) is 0 Å². The average molecular weight is 420 g/mol. The van der Waals surface area contributed by atoms with Gasteiger partial charge in [-0.25, -0.2) is 0 Å². The summed E-state index contributed by atoms with van der Waals surface area (Å²) in [5, 5.41) is 11.0. The fraction of sp³-hybridized carbons (Fsp3) is 0.423. The molecule has 1 amide bonds. The number of para-hydroxylation sites is 1. The summed E-state index contributed by atoms with van der Waals surface area (Å²) < 4.78 is 11.5. The van der Waals surface area contributed by atoms with Gasteiger partial charge >= 0.3 is 0 Å².